The van der Waals surface area contributed by atoms with Gasteiger partial charge in [-0.05, 0) is 62.2 Å². The van der Waals surface area contributed by atoms with E-state index in [4.69, 9.17) is 5.73 Å². The van der Waals surface area contributed by atoms with E-state index in [-0.39, 0.29) is 13.8 Å². The minimum Gasteiger partial charge on any atom is -0.399 e. The van der Waals surface area contributed by atoms with Gasteiger partial charge in [-0.3, -0.25) is 0 Å². The van der Waals surface area contributed by atoms with Crippen LogP contribution in [0.15, 0.2) is 44.2 Å². The van der Waals surface area contributed by atoms with Gasteiger partial charge in [0.1, 0.15) is 11.6 Å². The predicted molar refractivity (Wildman–Crippen MR) is 83.5 cm³/mol. The van der Waals surface area contributed by atoms with Gasteiger partial charge in [-0.1, -0.05) is 0 Å². The van der Waals surface area contributed by atoms with Gasteiger partial charge in [0, 0.05) is 15.7 Å². The fourth-order valence-corrected chi connectivity index (χ4v) is 4.68. The van der Waals surface area contributed by atoms with Crippen LogP contribution in [-0.4, -0.2) is 8.42 Å². The molecule has 0 saturated heterocycles. The highest BCUT2D eigenvalue weighted by Gasteiger charge is 2.23. The maximum absolute atomic E-state index is 13.9. The van der Waals surface area contributed by atoms with Gasteiger partial charge in [0.25, 0.3) is 0 Å². The molecular formula is C13H9Br2F2NO2S. The fraction of sp³-hybridized carbons (Fsp3) is 0.0769. The van der Waals surface area contributed by atoms with Crippen LogP contribution in [0.4, 0.5) is 14.5 Å². The molecule has 0 heterocycles. The summed E-state index contributed by atoms with van der Waals surface area (Å²) in [4.78, 5) is -0.0736. The van der Waals surface area contributed by atoms with Crippen molar-refractivity contribution in [2.75, 3.05) is 5.73 Å². The zero-order valence-corrected chi connectivity index (χ0v) is 14.4. The van der Waals surface area contributed by atoms with Crippen molar-refractivity contribution in [3.05, 3.63) is 56.5 Å². The van der Waals surface area contributed by atoms with Crippen molar-refractivity contribution >= 4 is 47.4 Å². The maximum Gasteiger partial charge on any atom is 0.183 e. The van der Waals surface area contributed by atoms with Crippen LogP contribution < -0.4 is 5.73 Å². The Morgan fingerprint density at radius 2 is 1.71 bits per heavy atom. The summed E-state index contributed by atoms with van der Waals surface area (Å²) in [7, 11) is -3.93. The number of sulfone groups is 1. The molecule has 8 heteroatoms. The van der Waals surface area contributed by atoms with Crippen molar-refractivity contribution in [3.63, 3.8) is 0 Å². The van der Waals surface area contributed by atoms with Crippen LogP contribution in [0.3, 0.4) is 0 Å². The lowest BCUT2D eigenvalue weighted by atomic mass is 10.2. The second-order valence-electron chi connectivity index (χ2n) is 4.27. The summed E-state index contributed by atoms with van der Waals surface area (Å²) in [6, 6.07) is 6.31. The number of hydrogen-bond acceptors (Lipinski definition) is 3. The van der Waals surface area contributed by atoms with Crippen molar-refractivity contribution in [2.24, 2.45) is 0 Å². The molecule has 0 bridgehead atoms. The van der Waals surface area contributed by atoms with Crippen molar-refractivity contribution in [1.82, 2.24) is 0 Å². The predicted octanol–water partition coefficient (Wildman–Crippen LogP) is 4.05. The Hall–Kier alpha value is -0.990. The van der Waals surface area contributed by atoms with Crippen LogP contribution in [0, 0.1) is 11.6 Å². The van der Waals surface area contributed by atoms with Crippen LogP contribution in [0.5, 0.6) is 0 Å². The molecule has 0 aliphatic carbocycles. The summed E-state index contributed by atoms with van der Waals surface area (Å²) in [5, 5.41) is 0. The van der Waals surface area contributed by atoms with E-state index >= 15 is 0 Å². The highest BCUT2D eigenvalue weighted by Crippen LogP contribution is 2.30. The Bertz CT molecular complexity index is 810. The minimum atomic E-state index is -3.93. The number of hydrogen-bond donors (Lipinski definition) is 1. The van der Waals surface area contributed by atoms with E-state index in [1.54, 1.807) is 0 Å². The van der Waals surface area contributed by atoms with Crippen molar-refractivity contribution < 1.29 is 17.2 Å². The SMILES string of the molecule is Nc1ccc(S(=O)(=O)Cc2c(F)ccc(Br)c2F)c(Br)c1. The number of rotatable bonds is 3. The van der Waals surface area contributed by atoms with E-state index in [0.29, 0.717) is 5.69 Å². The molecule has 0 saturated carbocycles. The molecule has 0 unspecified atom stereocenters. The van der Waals surface area contributed by atoms with E-state index in [0.717, 1.165) is 6.07 Å². The van der Waals surface area contributed by atoms with E-state index in [1.807, 2.05) is 0 Å². The first kappa shape index (κ1) is 16.4. The van der Waals surface area contributed by atoms with Gasteiger partial charge in [0.2, 0.25) is 0 Å². The van der Waals surface area contributed by atoms with Gasteiger partial charge in [-0.2, -0.15) is 0 Å². The number of anilines is 1. The third-order valence-corrected chi connectivity index (χ3v) is 5.99. The first-order valence-corrected chi connectivity index (χ1v) is 8.86. The lowest BCUT2D eigenvalue weighted by Crippen LogP contribution is -2.09. The van der Waals surface area contributed by atoms with Gasteiger partial charge >= 0.3 is 0 Å². The maximum atomic E-state index is 13.9. The van der Waals surface area contributed by atoms with E-state index in [1.165, 1.54) is 24.3 Å². The molecule has 0 fully saturated rings. The highest BCUT2D eigenvalue weighted by molar-refractivity contribution is 9.10. The fourth-order valence-electron chi connectivity index (χ4n) is 1.74. The van der Waals surface area contributed by atoms with E-state index in [9.17, 15) is 17.2 Å². The first-order chi connectivity index (χ1) is 9.72. The molecule has 0 aliphatic heterocycles. The monoisotopic (exact) mass is 439 g/mol. The normalized spacial score (nSPS) is 11.6. The summed E-state index contributed by atoms with van der Waals surface area (Å²) in [6.45, 7) is 0. The Labute approximate surface area is 137 Å². The number of halogens is 4. The van der Waals surface area contributed by atoms with Gasteiger partial charge in [-0.15, -0.1) is 0 Å². The summed E-state index contributed by atoms with van der Waals surface area (Å²) in [5.74, 6) is -2.62. The molecular weight excluding hydrogens is 432 g/mol. The molecule has 112 valence electrons. The van der Waals surface area contributed by atoms with E-state index in [2.05, 4.69) is 31.9 Å². The largest absolute Gasteiger partial charge is 0.399 e. The summed E-state index contributed by atoms with van der Waals surface area (Å²) in [5.41, 5.74) is 5.41. The summed E-state index contributed by atoms with van der Waals surface area (Å²) >= 11 is 6.00. The van der Waals surface area contributed by atoms with Gasteiger partial charge in [-0.25, -0.2) is 17.2 Å². The third-order valence-electron chi connectivity index (χ3n) is 2.76. The number of nitrogen functional groups attached to an aromatic ring is 1. The summed E-state index contributed by atoms with van der Waals surface area (Å²) in [6.07, 6.45) is 0. The first-order valence-electron chi connectivity index (χ1n) is 5.62. The molecule has 0 amide bonds. The van der Waals surface area contributed by atoms with Crippen LogP contribution in [0.25, 0.3) is 0 Å². The molecule has 0 atom stereocenters. The molecule has 2 rings (SSSR count). The second kappa shape index (κ2) is 6.02. The Morgan fingerprint density at radius 3 is 2.33 bits per heavy atom. The van der Waals surface area contributed by atoms with Crippen LogP contribution in [0.1, 0.15) is 5.56 Å². The summed E-state index contributed by atoms with van der Waals surface area (Å²) < 4.78 is 52.5. The molecule has 3 nitrogen and oxygen atoms in total. The number of nitrogens with two attached hydrogens (primary N) is 1. The lowest BCUT2D eigenvalue weighted by Gasteiger charge is -2.10. The average molecular weight is 441 g/mol. The Balaban J connectivity index is 2.50. The molecule has 2 N–H and O–H groups in total. The zero-order chi connectivity index (χ0) is 15.8. The molecule has 0 aromatic heterocycles. The van der Waals surface area contributed by atoms with Crippen LogP contribution >= 0.6 is 31.9 Å². The molecule has 2 aromatic carbocycles. The number of benzene rings is 2. The minimum absolute atomic E-state index is 0.00507. The second-order valence-corrected chi connectivity index (χ2v) is 7.94. The van der Waals surface area contributed by atoms with Crippen molar-refractivity contribution in [3.8, 4) is 0 Å². The smallest absolute Gasteiger partial charge is 0.183 e. The average Bonchev–Trinajstić information content (AvgIpc) is 2.39. The Kier molecular flexibility index (Phi) is 4.69. The molecule has 21 heavy (non-hydrogen) atoms. The van der Waals surface area contributed by atoms with Crippen LogP contribution in [0.2, 0.25) is 0 Å². The van der Waals surface area contributed by atoms with Crippen molar-refractivity contribution in [1.29, 1.82) is 0 Å². The molecule has 0 aliphatic rings. The molecule has 0 spiro atoms. The van der Waals surface area contributed by atoms with Gasteiger partial charge in [0.05, 0.1) is 15.1 Å². The third kappa shape index (κ3) is 3.44. The standard InChI is InChI=1S/C13H9Br2F2NO2S/c14-9-2-3-11(16)8(13(9)17)6-21(19,20)12-4-1-7(18)5-10(12)15/h1-5H,6,18H2. The lowest BCUT2D eigenvalue weighted by molar-refractivity contribution is 0.552. The van der Waals surface area contributed by atoms with Crippen LogP contribution in [-0.2, 0) is 15.6 Å². The molecule has 2 aromatic rings. The zero-order valence-electron chi connectivity index (χ0n) is 10.4. The topological polar surface area (TPSA) is 60.2 Å². The van der Waals surface area contributed by atoms with Gasteiger partial charge < -0.3 is 5.73 Å². The van der Waals surface area contributed by atoms with E-state index < -0.39 is 32.8 Å². The van der Waals surface area contributed by atoms with Gasteiger partial charge in [0.15, 0.2) is 9.84 Å². The highest BCUT2D eigenvalue weighted by atomic mass is 79.9. The quantitative estimate of drug-likeness (QED) is 0.578. The molecule has 0 radical (unpaired) electrons. The van der Waals surface area contributed by atoms with Crippen molar-refractivity contribution in [2.45, 2.75) is 10.6 Å². The Morgan fingerprint density at radius 1 is 1.05 bits per heavy atom.